The maximum atomic E-state index is 10.6. The zero-order valence-corrected chi connectivity index (χ0v) is 9.48. The van der Waals surface area contributed by atoms with Crippen LogP contribution in [0.1, 0.15) is 19.8 Å². The third-order valence-electron chi connectivity index (χ3n) is 2.16. The van der Waals surface area contributed by atoms with Crippen molar-refractivity contribution >= 4 is 11.9 Å². The molecule has 6 nitrogen and oxygen atoms in total. The van der Waals surface area contributed by atoms with Crippen LogP contribution in [0, 0.1) is 0 Å². The van der Waals surface area contributed by atoms with E-state index in [0.29, 0.717) is 6.42 Å². The summed E-state index contributed by atoms with van der Waals surface area (Å²) in [6.45, 7) is 1.83. The minimum absolute atomic E-state index is 0.0700. The standard InChI is InChI=1S/C7H13NO3.C2HF3O2/c1-4(8)5-2-3-6(11-5)7(9)10;3-2(4,5)1(6)7/h4-6H,2-3,8H2,1H3,(H,9,10);(H,6,7)/t4-,5-,6-;/m0./s1. The number of aliphatic carboxylic acids is 2. The Hall–Kier alpha value is -1.35. The van der Waals surface area contributed by atoms with Crippen molar-refractivity contribution in [1.82, 2.24) is 0 Å². The molecule has 1 fully saturated rings. The smallest absolute Gasteiger partial charge is 0.479 e. The molecule has 1 saturated heterocycles. The van der Waals surface area contributed by atoms with Crippen LogP contribution in [-0.2, 0) is 14.3 Å². The molecule has 1 aliphatic rings. The SMILES string of the molecule is C[C@H](N)[C@@H]1CC[C@@H](C(=O)O)O1.O=C(O)C(F)(F)F. The van der Waals surface area contributed by atoms with Crippen LogP contribution >= 0.6 is 0 Å². The number of hydrogen-bond donors (Lipinski definition) is 3. The molecule has 0 bridgehead atoms. The van der Waals surface area contributed by atoms with Gasteiger partial charge in [-0.1, -0.05) is 0 Å². The lowest BCUT2D eigenvalue weighted by Gasteiger charge is -2.13. The molecule has 0 aromatic rings. The van der Waals surface area contributed by atoms with Crippen LogP contribution in [0.5, 0.6) is 0 Å². The highest BCUT2D eigenvalue weighted by atomic mass is 19.4. The fourth-order valence-electron chi connectivity index (χ4n) is 1.23. The van der Waals surface area contributed by atoms with E-state index in [0.717, 1.165) is 6.42 Å². The topological polar surface area (TPSA) is 110 Å². The second kappa shape index (κ2) is 6.55. The molecule has 9 heteroatoms. The number of ether oxygens (including phenoxy) is 1. The minimum atomic E-state index is -5.08. The molecule has 0 radical (unpaired) electrons. The summed E-state index contributed by atoms with van der Waals surface area (Å²) in [5.74, 6) is -3.64. The van der Waals surface area contributed by atoms with Crippen molar-refractivity contribution in [2.24, 2.45) is 5.73 Å². The van der Waals surface area contributed by atoms with Crippen molar-refractivity contribution in [3.05, 3.63) is 0 Å². The molecule has 106 valence electrons. The average Bonchev–Trinajstić information content (AvgIpc) is 2.65. The summed E-state index contributed by atoms with van der Waals surface area (Å²) < 4.78 is 36.9. The van der Waals surface area contributed by atoms with E-state index in [4.69, 9.17) is 25.5 Å². The maximum absolute atomic E-state index is 10.6. The van der Waals surface area contributed by atoms with Crippen molar-refractivity contribution in [2.75, 3.05) is 0 Å². The molecule has 0 saturated carbocycles. The lowest BCUT2D eigenvalue weighted by molar-refractivity contribution is -0.192. The normalized spacial score (nSPS) is 24.9. The lowest BCUT2D eigenvalue weighted by Crippen LogP contribution is -2.32. The van der Waals surface area contributed by atoms with Crippen molar-refractivity contribution in [1.29, 1.82) is 0 Å². The Morgan fingerprint density at radius 1 is 1.33 bits per heavy atom. The van der Waals surface area contributed by atoms with Crippen molar-refractivity contribution in [2.45, 2.75) is 44.2 Å². The van der Waals surface area contributed by atoms with Gasteiger partial charge in [-0.25, -0.2) is 9.59 Å². The predicted octanol–water partition coefficient (Wildman–Crippen LogP) is 0.599. The molecule has 18 heavy (non-hydrogen) atoms. The molecule has 1 heterocycles. The summed E-state index contributed by atoms with van der Waals surface area (Å²) >= 11 is 0. The highest BCUT2D eigenvalue weighted by Gasteiger charge is 2.38. The van der Waals surface area contributed by atoms with Gasteiger partial charge in [0.2, 0.25) is 0 Å². The summed E-state index contributed by atoms with van der Waals surface area (Å²) in [5, 5.41) is 15.7. The zero-order valence-electron chi connectivity index (χ0n) is 9.48. The first-order chi connectivity index (χ1) is 8.05. The Morgan fingerprint density at radius 3 is 1.94 bits per heavy atom. The number of alkyl halides is 3. The quantitative estimate of drug-likeness (QED) is 0.679. The first kappa shape index (κ1) is 16.6. The fraction of sp³-hybridized carbons (Fsp3) is 0.778. The Bertz CT molecular complexity index is 305. The molecule has 0 amide bonds. The van der Waals surface area contributed by atoms with Gasteiger partial charge >= 0.3 is 18.1 Å². The van der Waals surface area contributed by atoms with Gasteiger partial charge in [-0.15, -0.1) is 0 Å². The van der Waals surface area contributed by atoms with Gasteiger partial charge in [-0.3, -0.25) is 0 Å². The molecule has 0 aromatic carbocycles. The third kappa shape index (κ3) is 5.82. The third-order valence-corrected chi connectivity index (χ3v) is 2.16. The molecule has 0 aromatic heterocycles. The summed E-state index contributed by atoms with van der Waals surface area (Å²) in [5.41, 5.74) is 5.54. The number of carbonyl (C=O) groups is 2. The largest absolute Gasteiger partial charge is 0.490 e. The summed E-state index contributed by atoms with van der Waals surface area (Å²) in [6.07, 6.45) is -4.45. The Morgan fingerprint density at radius 2 is 1.78 bits per heavy atom. The van der Waals surface area contributed by atoms with Crippen molar-refractivity contribution < 1.29 is 37.7 Å². The van der Waals surface area contributed by atoms with E-state index >= 15 is 0 Å². The van der Waals surface area contributed by atoms with E-state index in [1.165, 1.54) is 0 Å². The lowest BCUT2D eigenvalue weighted by atomic mass is 10.1. The predicted molar refractivity (Wildman–Crippen MR) is 52.9 cm³/mol. The minimum Gasteiger partial charge on any atom is -0.479 e. The van der Waals surface area contributed by atoms with Gasteiger partial charge < -0.3 is 20.7 Å². The fourth-order valence-corrected chi connectivity index (χ4v) is 1.23. The number of nitrogens with two attached hydrogens (primary N) is 1. The van der Waals surface area contributed by atoms with E-state index in [9.17, 15) is 18.0 Å². The second-order valence-electron chi connectivity index (χ2n) is 3.74. The highest BCUT2D eigenvalue weighted by Crippen LogP contribution is 2.21. The van der Waals surface area contributed by atoms with Gasteiger partial charge in [-0.2, -0.15) is 13.2 Å². The van der Waals surface area contributed by atoms with E-state index in [-0.39, 0.29) is 12.1 Å². The number of carboxylic acid groups (broad SMARTS) is 2. The van der Waals surface area contributed by atoms with Gasteiger partial charge in [0.15, 0.2) is 6.10 Å². The van der Waals surface area contributed by atoms with Crippen LogP contribution in [0.2, 0.25) is 0 Å². The molecular weight excluding hydrogens is 259 g/mol. The van der Waals surface area contributed by atoms with Gasteiger partial charge in [0.25, 0.3) is 0 Å². The number of halogens is 3. The van der Waals surface area contributed by atoms with Crippen LogP contribution in [0.15, 0.2) is 0 Å². The summed E-state index contributed by atoms with van der Waals surface area (Å²) in [4.78, 5) is 19.3. The molecule has 3 atom stereocenters. The van der Waals surface area contributed by atoms with Gasteiger partial charge in [0.1, 0.15) is 0 Å². The maximum Gasteiger partial charge on any atom is 0.490 e. The molecule has 4 N–H and O–H groups in total. The van der Waals surface area contributed by atoms with Crippen molar-refractivity contribution in [3.63, 3.8) is 0 Å². The summed E-state index contributed by atoms with van der Waals surface area (Å²) in [7, 11) is 0. The molecule has 0 aliphatic carbocycles. The van der Waals surface area contributed by atoms with E-state index in [1.807, 2.05) is 6.92 Å². The van der Waals surface area contributed by atoms with E-state index in [2.05, 4.69) is 0 Å². The van der Waals surface area contributed by atoms with Crippen LogP contribution in [0.25, 0.3) is 0 Å². The molecule has 1 rings (SSSR count). The number of rotatable bonds is 2. The number of carboxylic acids is 2. The average molecular weight is 273 g/mol. The first-order valence-corrected chi connectivity index (χ1v) is 4.99. The first-order valence-electron chi connectivity index (χ1n) is 4.99. The Labute approximate surface area is 101 Å². The number of hydrogen-bond acceptors (Lipinski definition) is 4. The molecule has 1 aliphatic heterocycles. The molecule has 0 unspecified atom stereocenters. The van der Waals surface area contributed by atoms with Crippen molar-refractivity contribution in [3.8, 4) is 0 Å². The van der Waals surface area contributed by atoms with Gasteiger partial charge in [-0.05, 0) is 19.8 Å². The molecule has 0 spiro atoms. The Balaban J connectivity index is 0.000000360. The monoisotopic (exact) mass is 273 g/mol. The Kier molecular flexibility index (Phi) is 6.06. The van der Waals surface area contributed by atoms with E-state index < -0.39 is 24.2 Å². The molecular formula is C9H14F3NO5. The van der Waals surface area contributed by atoms with Crippen LogP contribution < -0.4 is 5.73 Å². The second-order valence-corrected chi connectivity index (χ2v) is 3.74. The zero-order chi connectivity index (χ0) is 14.5. The van der Waals surface area contributed by atoms with Crippen LogP contribution in [0.3, 0.4) is 0 Å². The highest BCUT2D eigenvalue weighted by molar-refractivity contribution is 5.73. The summed E-state index contributed by atoms with van der Waals surface area (Å²) in [6, 6.07) is -0.0700. The van der Waals surface area contributed by atoms with Gasteiger partial charge in [0.05, 0.1) is 6.10 Å². The van der Waals surface area contributed by atoms with Crippen LogP contribution in [0.4, 0.5) is 13.2 Å². The van der Waals surface area contributed by atoms with Gasteiger partial charge in [0, 0.05) is 6.04 Å². The van der Waals surface area contributed by atoms with Crippen LogP contribution in [-0.4, -0.2) is 46.6 Å². The van der Waals surface area contributed by atoms with E-state index in [1.54, 1.807) is 0 Å².